The normalized spacial score (nSPS) is 12.5. The molecule has 3 heteroatoms. The predicted molar refractivity (Wildman–Crippen MR) is 50.4 cm³/mol. The van der Waals surface area contributed by atoms with Crippen molar-refractivity contribution in [2.45, 2.75) is 26.7 Å². The van der Waals surface area contributed by atoms with Crippen molar-refractivity contribution in [1.82, 2.24) is 5.32 Å². The molecule has 0 aliphatic rings. The maximum absolute atomic E-state index is 4.06. The highest BCUT2D eigenvalue weighted by molar-refractivity contribution is 5.91. The van der Waals surface area contributed by atoms with Crippen LogP contribution in [0.1, 0.15) is 26.7 Å². The van der Waals surface area contributed by atoms with Crippen LogP contribution in [0.5, 0.6) is 0 Å². The van der Waals surface area contributed by atoms with E-state index >= 15 is 0 Å². The van der Waals surface area contributed by atoms with E-state index in [1.807, 2.05) is 6.92 Å². The molecule has 0 aromatic carbocycles. The molecule has 3 nitrogen and oxygen atoms in total. The molecule has 0 aromatic heterocycles. The summed E-state index contributed by atoms with van der Waals surface area (Å²) in [5.74, 6) is 1.00. The van der Waals surface area contributed by atoms with Crippen molar-refractivity contribution >= 4 is 12.2 Å². The fourth-order valence-corrected chi connectivity index (χ4v) is 0.697. The third kappa shape index (κ3) is 5.58. The largest absolute Gasteiger partial charge is 0.335 e. The van der Waals surface area contributed by atoms with Crippen molar-refractivity contribution in [3.8, 4) is 0 Å². The zero-order valence-corrected chi connectivity index (χ0v) is 7.59. The number of nitrogens with one attached hydrogen (secondary N) is 1. The third-order valence-corrected chi connectivity index (χ3v) is 1.26. The van der Waals surface area contributed by atoms with E-state index in [0.717, 1.165) is 25.2 Å². The lowest BCUT2D eigenvalue weighted by Crippen LogP contribution is -2.21. The summed E-state index contributed by atoms with van der Waals surface area (Å²) < 4.78 is 0. The molecule has 0 aromatic rings. The maximum Gasteiger partial charge on any atom is 0.101 e. The Bertz CT molecular complexity index is 138. The topological polar surface area (TPSA) is 36.8 Å². The highest BCUT2D eigenvalue weighted by atomic mass is 15.0. The van der Waals surface area contributed by atoms with Crippen LogP contribution in [0.15, 0.2) is 9.98 Å². The predicted octanol–water partition coefficient (Wildman–Crippen LogP) is 1.45. The summed E-state index contributed by atoms with van der Waals surface area (Å²) >= 11 is 0. The molecule has 0 bridgehead atoms. The Labute approximate surface area is 68.6 Å². The standard InChI is InChI=1S/C8H17N3/c1-4-6-8(9-3)11-7-10-5-2/h7H,4-6H2,1-3H3,(H,9,10,11). The van der Waals surface area contributed by atoms with Crippen LogP contribution in [-0.4, -0.2) is 25.8 Å². The highest BCUT2D eigenvalue weighted by Gasteiger charge is 1.90. The second kappa shape index (κ2) is 7.25. The van der Waals surface area contributed by atoms with Crippen molar-refractivity contribution < 1.29 is 0 Å². The molecule has 0 fully saturated rings. The number of nitrogens with zero attached hydrogens (tertiary/aromatic N) is 2. The van der Waals surface area contributed by atoms with Crippen molar-refractivity contribution in [3.63, 3.8) is 0 Å². The summed E-state index contributed by atoms with van der Waals surface area (Å²) in [6.45, 7) is 4.95. The van der Waals surface area contributed by atoms with Gasteiger partial charge >= 0.3 is 0 Å². The molecule has 11 heavy (non-hydrogen) atoms. The number of aliphatic imine (C=N–C) groups is 2. The van der Waals surface area contributed by atoms with E-state index in [-0.39, 0.29) is 0 Å². The zero-order chi connectivity index (χ0) is 8.53. The summed E-state index contributed by atoms with van der Waals surface area (Å²) in [7, 11) is 1.79. The molecule has 0 aliphatic heterocycles. The molecule has 1 N–H and O–H groups in total. The van der Waals surface area contributed by atoms with Crippen molar-refractivity contribution in [2.75, 3.05) is 13.6 Å². The lowest BCUT2D eigenvalue weighted by molar-refractivity contribution is 0.963. The van der Waals surface area contributed by atoms with E-state index < -0.39 is 0 Å². The summed E-state index contributed by atoms with van der Waals surface area (Å²) in [5.41, 5.74) is 0. The van der Waals surface area contributed by atoms with Gasteiger partial charge in [-0.05, 0) is 13.3 Å². The van der Waals surface area contributed by atoms with Crippen LogP contribution in [0.2, 0.25) is 0 Å². The monoisotopic (exact) mass is 155 g/mol. The van der Waals surface area contributed by atoms with E-state index in [9.17, 15) is 0 Å². The number of hydrogen-bond acceptors (Lipinski definition) is 2. The van der Waals surface area contributed by atoms with Crippen molar-refractivity contribution in [1.29, 1.82) is 0 Å². The minimum Gasteiger partial charge on any atom is -0.335 e. The van der Waals surface area contributed by atoms with Crippen LogP contribution >= 0.6 is 0 Å². The fraction of sp³-hybridized carbons (Fsp3) is 0.750. The molecule has 0 heterocycles. The molecule has 0 saturated heterocycles. The molecule has 0 amide bonds. The first-order valence-corrected chi connectivity index (χ1v) is 4.05. The van der Waals surface area contributed by atoms with Gasteiger partial charge in [-0.1, -0.05) is 6.92 Å². The third-order valence-electron chi connectivity index (χ3n) is 1.26. The summed E-state index contributed by atoms with van der Waals surface area (Å²) in [4.78, 5) is 8.09. The van der Waals surface area contributed by atoms with Gasteiger partial charge in [-0.25, -0.2) is 0 Å². The SMILES string of the molecule is CCCC(=NC)NC=NCC. The average Bonchev–Trinajstić information content (AvgIpc) is 2.03. The van der Waals surface area contributed by atoms with Crippen LogP contribution in [0.3, 0.4) is 0 Å². The lowest BCUT2D eigenvalue weighted by atomic mass is 10.3. The molecule has 0 aliphatic carbocycles. The highest BCUT2D eigenvalue weighted by Crippen LogP contribution is 1.86. The zero-order valence-electron chi connectivity index (χ0n) is 7.59. The van der Waals surface area contributed by atoms with Gasteiger partial charge in [-0.15, -0.1) is 0 Å². The molecule has 0 unspecified atom stereocenters. The van der Waals surface area contributed by atoms with Gasteiger partial charge in [0.2, 0.25) is 0 Å². The molecular weight excluding hydrogens is 138 g/mol. The first-order chi connectivity index (χ1) is 5.35. The van der Waals surface area contributed by atoms with Crippen LogP contribution < -0.4 is 5.32 Å². The quantitative estimate of drug-likeness (QED) is 0.484. The van der Waals surface area contributed by atoms with Gasteiger partial charge in [0, 0.05) is 20.0 Å². The lowest BCUT2D eigenvalue weighted by Gasteiger charge is -2.01. The second-order valence-corrected chi connectivity index (χ2v) is 2.19. The molecule has 0 radical (unpaired) electrons. The van der Waals surface area contributed by atoms with Gasteiger partial charge in [0.1, 0.15) is 5.84 Å². The number of amidine groups is 1. The molecule has 0 saturated carbocycles. The Morgan fingerprint density at radius 3 is 2.64 bits per heavy atom. The molecule has 64 valence electrons. The molecule has 0 rings (SSSR count). The summed E-state index contributed by atoms with van der Waals surface area (Å²) in [6.07, 6.45) is 3.81. The van der Waals surface area contributed by atoms with Crippen molar-refractivity contribution in [2.24, 2.45) is 9.98 Å². The van der Waals surface area contributed by atoms with E-state index in [1.165, 1.54) is 0 Å². The van der Waals surface area contributed by atoms with Crippen LogP contribution in [0, 0.1) is 0 Å². The van der Waals surface area contributed by atoms with Crippen LogP contribution in [-0.2, 0) is 0 Å². The maximum atomic E-state index is 4.06. The smallest absolute Gasteiger partial charge is 0.101 e. The Morgan fingerprint density at radius 1 is 1.45 bits per heavy atom. The van der Waals surface area contributed by atoms with E-state index in [1.54, 1.807) is 13.4 Å². The Kier molecular flexibility index (Phi) is 6.68. The van der Waals surface area contributed by atoms with E-state index in [0.29, 0.717) is 0 Å². The number of rotatable bonds is 4. The van der Waals surface area contributed by atoms with Crippen LogP contribution in [0.25, 0.3) is 0 Å². The molecule has 0 spiro atoms. The van der Waals surface area contributed by atoms with E-state index in [4.69, 9.17) is 0 Å². The molecular formula is C8H17N3. The first kappa shape index (κ1) is 10.1. The van der Waals surface area contributed by atoms with Crippen LogP contribution in [0.4, 0.5) is 0 Å². The average molecular weight is 155 g/mol. The Morgan fingerprint density at radius 2 is 2.18 bits per heavy atom. The minimum atomic E-state index is 0.816. The van der Waals surface area contributed by atoms with Gasteiger partial charge in [0.15, 0.2) is 0 Å². The second-order valence-electron chi connectivity index (χ2n) is 2.19. The fourth-order valence-electron chi connectivity index (χ4n) is 0.697. The van der Waals surface area contributed by atoms with Gasteiger partial charge in [-0.2, -0.15) is 0 Å². The van der Waals surface area contributed by atoms with Crippen molar-refractivity contribution in [3.05, 3.63) is 0 Å². The molecule has 0 atom stereocenters. The minimum absolute atomic E-state index is 0.816. The van der Waals surface area contributed by atoms with Gasteiger partial charge in [0.25, 0.3) is 0 Å². The van der Waals surface area contributed by atoms with Gasteiger partial charge < -0.3 is 5.32 Å². The van der Waals surface area contributed by atoms with Gasteiger partial charge in [0.05, 0.1) is 6.34 Å². The summed E-state index contributed by atoms with van der Waals surface area (Å²) in [6, 6.07) is 0. The van der Waals surface area contributed by atoms with E-state index in [2.05, 4.69) is 22.2 Å². The Hall–Kier alpha value is -0.860. The first-order valence-electron chi connectivity index (χ1n) is 4.05. The van der Waals surface area contributed by atoms with Gasteiger partial charge in [-0.3, -0.25) is 9.98 Å². The summed E-state index contributed by atoms with van der Waals surface area (Å²) in [5, 5.41) is 3.03. The Balaban J connectivity index is 3.61. The number of hydrogen-bond donors (Lipinski definition) is 1.